The van der Waals surface area contributed by atoms with Gasteiger partial charge < -0.3 is 15.2 Å². The zero-order chi connectivity index (χ0) is 14.4. The Hall–Kier alpha value is -1.89. The second-order valence-corrected chi connectivity index (χ2v) is 4.51. The smallest absolute Gasteiger partial charge is 0.321 e. The molecule has 1 heterocycles. The number of hydrogen-bond donors (Lipinski definition) is 3. The number of aryl methyl sites for hydroxylation is 1. The molecular formula is C12H20N4O3. The summed E-state index contributed by atoms with van der Waals surface area (Å²) in [4.78, 5) is 19.8. The van der Waals surface area contributed by atoms with Crippen molar-refractivity contribution in [3.63, 3.8) is 0 Å². The Labute approximate surface area is 112 Å². The first-order chi connectivity index (χ1) is 8.96. The summed E-state index contributed by atoms with van der Waals surface area (Å²) in [5, 5.41) is 14.3. The van der Waals surface area contributed by atoms with Crippen molar-refractivity contribution in [3.8, 4) is 5.88 Å². The second kappa shape index (κ2) is 6.89. The van der Waals surface area contributed by atoms with Gasteiger partial charge in [-0.1, -0.05) is 13.8 Å². The van der Waals surface area contributed by atoms with Crippen LogP contribution in [0.2, 0.25) is 0 Å². The maximum Gasteiger partial charge on any atom is 0.321 e. The van der Waals surface area contributed by atoms with Gasteiger partial charge >= 0.3 is 6.03 Å². The first kappa shape index (κ1) is 15.2. The van der Waals surface area contributed by atoms with Crippen LogP contribution >= 0.6 is 0 Å². The first-order valence-electron chi connectivity index (χ1n) is 6.04. The highest BCUT2D eigenvalue weighted by Gasteiger charge is 2.15. The van der Waals surface area contributed by atoms with E-state index in [1.54, 1.807) is 13.0 Å². The molecule has 7 heteroatoms. The molecule has 1 rings (SSSR count). The number of nitrogens with one attached hydrogen (secondary N) is 2. The molecule has 3 N–H and O–H groups in total. The zero-order valence-corrected chi connectivity index (χ0v) is 11.6. The third kappa shape index (κ3) is 4.70. The van der Waals surface area contributed by atoms with E-state index in [1.165, 1.54) is 7.11 Å². The van der Waals surface area contributed by atoms with Gasteiger partial charge in [-0.2, -0.15) is 4.98 Å². The number of aliphatic hydroxyl groups is 1. The van der Waals surface area contributed by atoms with Crippen LogP contribution in [0.4, 0.5) is 10.7 Å². The molecule has 0 bridgehead atoms. The Balaban J connectivity index is 2.68. The van der Waals surface area contributed by atoms with E-state index in [4.69, 9.17) is 9.84 Å². The molecule has 0 spiro atoms. The van der Waals surface area contributed by atoms with E-state index in [2.05, 4.69) is 20.6 Å². The molecule has 1 atom stereocenters. The van der Waals surface area contributed by atoms with E-state index in [1.807, 2.05) is 13.8 Å². The zero-order valence-electron chi connectivity index (χ0n) is 11.6. The lowest BCUT2D eigenvalue weighted by Crippen LogP contribution is -2.43. The summed E-state index contributed by atoms with van der Waals surface area (Å²) in [6.45, 7) is 5.47. The number of nitrogens with zero attached hydrogens (tertiary/aromatic N) is 2. The van der Waals surface area contributed by atoms with Crippen molar-refractivity contribution in [2.75, 3.05) is 19.0 Å². The van der Waals surface area contributed by atoms with Crippen molar-refractivity contribution in [1.82, 2.24) is 15.3 Å². The summed E-state index contributed by atoms with van der Waals surface area (Å²) in [6, 6.07) is 0.889. The maximum absolute atomic E-state index is 11.7. The summed E-state index contributed by atoms with van der Waals surface area (Å²) in [5.41, 5.74) is 0.685. The van der Waals surface area contributed by atoms with Crippen LogP contribution in [0.3, 0.4) is 0 Å². The number of ether oxygens (including phenoxy) is 1. The van der Waals surface area contributed by atoms with Gasteiger partial charge in [-0.25, -0.2) is 9.78 Å². The molecule has 1 aromatic heterocycles. The van der Waals surface area contributed by atoms with E-state index >= 15 is 0 Å². The molecule has 0 aliphatic rings. The molecule has 0 radical (unpaired) electrons. The number of anilines is 1. The van der Waals surface area contributed by atoms with Crippen LogP contribution in [0.15, 0.2) is 6.07 Å². The number of carbonyl (C=O) groups is 1. The molecule has 0 fully saturated rings. The normalized spacial score (nSPS) is 12.1. The topological polar surface area (TPSA) is 96.4 Å². The molecule has 1 aromatic rings. The monoisotopic (exact) mass is 268 g/mol. The number of hydrogen-bond acceptors (Lipinski definition) is 5. The van der Waals surface area contributed by atoms with Gasteiger partial charge in [-0.05, 0) is 12.8 Å². The third-order valence-corrected chi connectivity index (χ3v) is 2.58. The van der Waals surface area contributed by atoms with Gasteiger partial charge in [0.1, 0.15) is 0 Å². The third-order valence-electron chi connectivity index (χ3n) is 2.58. The summed E-state index contributed by atoms with van der Waals surface area (Å²) < 4.78 is 4.99. The highest BCUT2D eigenvalue weighted by atomic mass is 16.5. The van der Waals surface area contributed by atoms with Gasteiger partial charge in [0.25, 0.3) is 0 Å². The second-order valence-electron chi connectivity index (χ2n) is 4.51. The van der Waals surface area contributed by atoms with E-state index in [9.17, 15) is 4.79 Å². The van der Waals surface area contributed by atoms with Gasteiger partial charge in [0.05, 0.1) is 19.8 Å². The number of urea groups is 1. The van der Waals surface area contributed by atoms with E-state index in [0.717, 1.165) is 0 Å². The van der Waals surface area contributed by atoms with Crippen molar-refractivity contribution in [2.24, 2.45) is 5.92 Å². The molecular weight excluding hydrogens is 248 g/mol. The average molecular weight is 268 g/mol. The number of aliphatic hydroxyl groups excluding tert-OH is 1. The molecule has 7 nitrogen and oxygen atoms in total. The Morgan fingerprint density at radius 2 is 2.16 bits per heavy atom. The average Bonchev–Trinajstić information content (AvgIpc) is 2.34. The Kier molecular flexibility index (Phi) is 5.50. The largest absolute Gasteiger partial charge is 0.481 e. The fourth-order valence-corrected chi connectivity index (χ4v) is 1.43. The van der Waals surface area contributed by atoms with Crippen molar-refractivity contribution >= 4 is 12.0 Å². The Morgan fingerprint density at radius 3 is 2.68 bits per heavy atom. The molecule has 106 valence electrons. The lowest BCUT2D eigenvalue weighted by molar-refractivity contribution is 0.204. The first-order valence-corrected chi connectivity index (χ1v) is 6.04. The molecule has 0 aromatic carbocycles. The highest BCUT2D eigenvalue weighted by molar-refractivity contribution is 5.87. The molecule has 0 unspecified atom stereocenters. The van der Waals surface area contributed by atoms with Crippen LogP contribution in [0.5, 0.6) is 5.88 Å². The SMILES string of the molecule is COc1cc(C)nc(NC(=O)N[C@H](CO)C(C)C)n1. The van der Waals surface area contributed by atoms with Gasteiger partial charge in [0.2, 0.25) is 11.8 Å². The molecule has 0 aliphatic carbocycles. The molecule has 2 amide bonds. The van der Waals surface area contributed by atoms with Gasteiger partial charge in [-0.3, -0.25) is 5.32 Å². The van der Waals surface area contributed by atoms with Crippen molar-refractivity contribution < 1.29 is 14.6 Å². The number of carbonyl (C=O) groups excluding carboxylic acids is 1. The Bertz CT molecular complexity index is 437. The van der Waals surface area contributed by atoms with Crippen LogP contribution in [-0.4, -0.2) is 40.9 Å². The predicted octanol–water partition coefficient (Wildman–Crippen LogP) is 0.932. The van der Waals surface area contributed by atoms with Crippen molar-refractivity contribution in [2.45, 2.75) is 26.8 Å². The van der Waals surface area contributed by atoms with E-state index < -0.39 is 6.03 Å². The number of methoxy groups -OCH3 is 1. The summed E-state index contributed by atoms with van der Waals surface area (Å²) in [5.74, 6) is 0.670. The van der Waals surface area contributed by atoms with Gasteiger partial charge in [0.15, 0.2) is 0 Å². The predicted molar refractivity (Wildman–Crippen MR) is 71.2 cm³/mol. The maximum atomic E-state index is 11.7. The van der Waals surface area contributed by atoms with Gasteiger partial charge in [0, 0.05) is 11.8 Å². The number of amides is 2. The van der Waals surface area contributed by atoms with Crippen LogP contribution in [0.1, 0.15) is 19.5 Å². The lowest BCUT2D eigenvalue weighted by Gasteiger charge is -2.19. The van der Waals surface area contributed by atoms with Crippen LogP contribution in [0.25, 0.3) is 0 Å². The summed E-state index contributed by atoms with van der Waals surface area (Å²) >= 11 is 0. The molecule has 0 aliphatic heterocycles. The van der Waals surface area contributed by atoms with Crippen molar-refractivity contribution in [3.05, 3.63) is 11.8 Å². The quantitative estimate of drug-likeness (QED) is 0.738. The fraction of sp³-hybridized carbons (Fsp3) is 0.583. The number of rotatable bonds is 5. The minimum Gasteiger partial charge on any atom is -0.481 e. The lowest BCUT2D eigenvalue weighted by atomic mass is 10.1. The van der Waals surface area contributed by atoms with Crippen LogP contribution in [-0.2, 0) is 0 Å². The highest BCUT2D eigenvalue weighted by Crippen LogP contribution is 2.11. The van der Waals surface area contributed by atoms with Crippen LogP contribution < -0.4 is 15.4 Å². The molecule has 19 heavy (non-hydrogen) atoms. The fourth-order valence-electron chi connectivity index (χ4n) is 1.43. The van der Waals surface area contributed by atoms with Crippen LogP contribution in [0, 0.1) is 12.8 Å². The standard InChI is InChI=1S/C12H20N4O3/c1-7(2)9(6-17)14-12(18)16-11-13-8(3)5-10(15-11)19-4/h5,7,9,17H,6H2,1-4H3,(H2,13,14,15,16,18)/t9-/m1/s1. The Morgan fingerprint density at radius 1 is 1.47 bits per heavy atom. The minimum atomic E-state index is -0.458. The number of aromatic nitrogens is 2. The molecule has 0 saturated heterocycles. The molecule has 0 saturated carbocycles. The minimum absolute atomic E-state index is 0.122. The van der Waals surface area contributed by atoms with Crippen molar-refractivity contribution in [1.29, 1.82) is 0 Å². The van der Waals surface area contributed by atoms with E-state index in [0.29, 0.717) is 11.6 Å². The van der Waals surface area contributed by atoms with Gasteiger partial charge in [-0.15, -0.1) is 0 Å². The summed E-state index contributed by atoms with van der Waals surface area (Å²) in [7, 11) is 1.49. The van der Waals surface area contributed by atoms with E-state index in [-0.39, 0.29) is 24.5 Å². The summed E-state index contributed by atoms with van der Waals surface area (Å²) in [6.07, 6.45) is 0.